The van der Waals surface area contributed by atoms with Crippen LogP contribution in [0, 0.1) is 0 Å². The number of nitrogens with one attached hydrogen (secondary N) is 2. The summed E-state index contributed by atoms with van der Waals surface area (Å²) in [4.78, 5) is 52.9. The highest BCUT2D eigenvalue weighted by Crippen LogP contribution is 2.26. The number of carbonyl (C=O) groups excluding carboxylic acids is 1. The van der Waals surface area contributed by atoms with Crippen LogP contribution in [0.15, 0.2) is 59.3 Å². The molecule has 4 rings (SSSR count). The summed E-state index contributed by atoms with van der Waals surface area (Å²) in [6.45, 7) is -0.154. The molecule has 0 aliphatic heterocycles. The molecular weight excluding hydrogens is 468 g/mol. The second-order valence-electron chi connectivity index (χ2n) is 7.37. The van der Waals surface area contributed by atoms with Crippen molar-refractivity contribution >= 4 is 40.5 Å². The van der Waals surface area contributed by atoms with Gasteiger partial charge in [0.25, 0.3) is 5.56 Å². The zero-order chi connectivity index (χ0) is 24.4. The van der Waals surface area contributed by atoms with E-state index in [1.807, 2.05) is 0 Å². The highest BCUT2D eigenvalue weighted by Gasteiger charge is 2.17. The molecule has 11 nitrogen and oxygen atoms in total. The zero-order valence-electron chi connectivity index (χ0n) is 17.3. The highest BCUT2D eigenvalue weighted by atomic mass is 35.5. The van der Waals surface area contributed by atoms with Gasteiger partial charge in [0.1, 0.15) is 12.2 Å². The lowest BCUT2D eigenvalue weighted by Gasteiger charge is -2.16. The van der Waals surface area contributed by atoms with Crippen LogP contribution < -0.4 is 10.9 Å². The van der Waals surface area contributed by atoms with Crippen molar-refractivity contribution in [2.75, 3.05) is 0 Å². The summed E-state index contributed by atoms with van der Waals surface area (Å²) >= 11 is 6.34. The van der Waals surface area contributed by atoms with Crippen LogP contribution >= 0.6 is 11.6 Å². The monoisotopic (exact) mass is 484 g/mol. The van der Waals surface area contributed by atoms with Crippen molar-refractivity contribution in [3.63, 3.8) is 0 Å². The predicted octanol–water partition coefficient (Wildman–Crippen LogP) is 2.63. The Balaban J connectivity index is 1.46. The number of alkyl carbamates (subject to hydrolysis) is 1. The lowest BCUT2D eigenvalue weighted by molar-refractivity contribution is -0.132. The van der Waals surface area contributed by atoms with Gasteiger partial charge in [-0.2, -0.15) is 0 Å². The van der Waals surface area contributed by atoms with E-state index < -0.39 is 35.2 Å². The van der Waals surface area contributed by atoms with E-state index in [1.165, 1.54) is 30.6 Å². The van der Waals surface area contributed by atoms with Crippen LogP contribution in [0.2, 0.25) is 5.02 Å². The first-order chi connectivity index (χ1) is 16.2. The number of H-pyrrole nitrogens is 1. The van der Waals surface area contributed by atoms with E-state index in [1.54, 1.807) is 22.9 Å². The van der Waals surface area contributed by atoms with Crippen molar-refractivity contribution in [1.29, 1.82) is 0 Å². The Hall–Kier alpha value is -4.38. The van der Waals surface area contributed by atoms with Gasteiger partial charge in [-0.25, -0.2) is 19.4 Å². The summed E-state index contributed by atoms with van der Waals surface area (Å²) < 4.78 is 6.73. The van der Waals surface area contributed by atoms with Gasteiger partial charge in [0.05, 0.1) is 34.3 Å². The van der Waals surface area contributed by atoms with Gasteiger partial charge in [-0.05, 0) is 30.7 Å². The number of benzene rings is 1. The molecule has 1 aliphatic carbocycles. The minimum atomic E-state index is -1.35. The molecular formula is C22H17ClN4O7. The van der Waals surface area contributed by atoms with E-state index in [2.05, 4.69) is 15.3 Å². The summed E-state index contributed by atoms with van der Waals surface area (Å²) in [6, 6.07) is 3.86. The van der Waals surface area contributed by atoms with Gasteiger partial charge in [0.2, 0.25) is 0 Å². The van der Waals surface area contributed by atoms with Crippen molar-refractivity contribution in [2.45, 2.75) is 19.1 Å². The number of fused-ring (bicyclic) bond motifs is 1. The Morgan fingerprint density at radius 2 is 2.03 bits per heavy atom. The number of aromatic amines is 1. The summed E-state index contributed by atoms with van der Waals surface area (Å²) in [5.74, 6) is -2.43. The topological polar surface area (TPSA) is 164 Å². The Morgan fingerprint density at radius 1 is 1.24 bits per heavy atom. The first kappa shape index (κ1) is 22.8. The smallest absolute Gasteiger partial charge is 0.407 e. The third-order valence-electron chi connectivity index (χ3n) is 5.03. The summed E-state index contributed by atoms with van der Waals surface area (Å²) in [5, 5.41) is 21.5. The molecule has 2 aromatic heterocycles. The number of aliphatic carboxylic acids is 1. The number of carboxylic acid groups (broad SMARTS) is 2. The van der Waals surface area contributed by atoms with E-state index in [4.69, 9.17) is 21.4 Å². The molecule has 1 amide bonds. The Kier molecular flexibility index (Phi) is 6.19. The van der Waals surface area contributed by atoms with E-state index in [0.717, 1.165) is 0 Å². The number of rotatable bonds is 6. The number of halogens is 1. The van der Waals surface area contributed by atoms with Gasteiger partial charge in [-0.3, -0.25) is 4.79 Å². The van der Waals surface area contributed by atoms with Gasteiger partial charge >= 0.3 is 18.0 Å². The van der Waals surface area contributed by atoms with Crippen molar-refractivity contribution < 1.29 is 29.3 Å². The second kappa shape index (κ2) is 9.24. The van der Waals surface area contributed by atoms with Crippen molar-refractivity contribution in [1.82, 2.24) is 19.9 Å². The highest BCUT2D eigenvalue weighted by molar-refractivity contribution is 6.33. The van der Waals surface area contributed by atoms with E-state index in [-0.39, 0.29) is 17.2 Å². The molecule has 34 heavy (non-hydrogen) atoms. The number of nitrogens with zero attached hydrogens (tertiary/aromatic N) is 2. The van der Waals surface area contributed by atoms with Crippen molar-refractivity contribution in [2.24, 2.45) is 0 Å². The molecule has 1 atom stereocenters. The van der Waals surface area contributed by atoms with Gasteiger partial charge in [-0.15, -0.1) is 0 Å². The average molecular weight is 485 g/mol. The van der Waals surface area contributed by atoms with Gasteiger partial charge in [-0.1, -0.05) is 23.8 Å². The number of amides is 1. The number of aromatic nitrogens is 3. The molecule has 1 unspecified atom stereocenters. The molecule has 0 saturated heterocycles. The third-order valence-corrected chi connectivity index (χ3v) is 5.33. The number of pyridine rings is 1. The summed E-state index contributed by atoms with van der Waals surface area (Å²) in [5.41, 5.74) is 0.211. The molecule has 3 aromatic rings. The van der Waals surface area contributed by atoms with Crippen LogP contribution in [0.1, 0.15) is 22.5 Å². The van der Waals surface area contributed by atoms with Gasteiger partial charge in [0, 0.05) is 17.1 Å². The first-order valence-electron chi connectivity index (χ1n) is 9.89. The van der Waals surface area contributed by atoms with Crippen LogP contribution in [0.4, 0.5) is 4.79 Å². The number of hydrogen-bond donors (Lipinski definition) is 4. The number of carbonyl (C=O) groups is 3. The molecule has 4 N–H and O–H groups in total. The Bertz CT molecular complexity index is 1440. The quantitative estimate of drug-likeness (QED) is 0.414. The lowest BCUT2D eigenvalue weighted by Crippen LogP contribution is -2.34. The van der Waals surface area contributed by atoms with E-state index >= 15 is 0 Å². The molecule has 0 saturated carbocycles. The maximum absolute atomic E-state index is 12.1. The summed E-state index contributed by atoms with van der Waals surface area (Å²) in [7, 11) is 0. The fraction of sp³-hybridized carbons (Fsp3) is 0.136. The fourth-order valence-electron chi connectivity index (χ4n) is 3.40. The van der Waals surface area contributed by atoms with Crippen molar-refractivity contribution in [3.05, 3.63) is 81.2 Å². The maximum atomic E-state index is 12.1. The number of imidazole rings is 1. The van der Waals surface area contributed by atoms with Crippen molar-refractivity contribution in [3.8, 4) is 5.69 Å². The maximum Gasteiger partial charge on any atom is 0.407 e. The number of carboxylic acids is 2. The molecule has 12 heteroatoms. The van der Waals surface area contributed by atoms with Gasteiger partial charge in [0.15, 0.2) is 0 Å². The van der Waals surface area contributed by atoms with Gasteiger partial charge < -0.3 is 29.8 Å². The first-order valence-corrected chi connectivity index (χ1v) is 10.3. The molecule has 0 radical (unpaired) electrons. The van der Waals surface area contributed by atoms with Crippen LogP contribution in [0.3, 0.4) is 0 Å². The minimum Gasteiger partial charge on any atom is -0.478 e. The predicted molar refractivity (Wildman–Crippen MR) is 120 cm³/mol. The van der Waals surface area contributed by atoms with E-state index in [9.17, 15) is 24.3 Å². The molecule has 2 heterocycles. The van der Waals surface area contributed by atoms with Crippen LogP contribution in [0.5, 0.6) is 0 Å². The zero-order valence-corrected chi connectivity index (χ0v) is 18.1. The molecule has 0 spiro atoms. The molecule has 0 fully saturated rings. The summed E-state index contributed by atoms with van der Waals surface area (Å²) in [6.07, 6.45) is 7.29. The molecule has 1 aromatic carbocycles. The fourth-order valence-corrected chi connectivity index (χ4v) is 3.66. The third kappa shape index (κ3) is 4.84. The molecule has 0 bridgehead atoms. The SMILES string of the molecule is O=C(NC1C=C(C(=O)O)C=CC1)OCc1cn(-c2cc3cc(C(=O)O)c(=O)[nH]c3cc2Cl)cn1. The standard InChI is InChI=1S/C22H17ClN4O7/c23-16-7-17-12(5-15(21(31)32)19(28)26-17)6-18(16)27-8-14(24-10-27)9-34-22(33)25-13-3-1-2-11(4-13)20(29)30/h1-2,4-8,10,13H,3,9H2,(H,25,33)(H,26,28)(H,29,30)(H,31,32). The second-order valence-corrected chi connectivity index (χ2v) is 7.78. The minimum absolute atomic E-state index is 0.0853. The normalized spacial score (nSPS) is 15.1. The average Bonchev–Trinajstić information content (AvgIpc) is 3.25. The number of hydrogen-bond acceptors (Lipinski definition) is 6. The molecule has 174 valence electrons. The molecule has 1 aliphatic rings. The Morgan fingerprint density at radius 3 is 2.76 bits per heavy atom. The number of aromatic carboxylic acids is 1. The Labute approximate surface area is 195 Å². The largest absolute Gasteiger partial charge is 0.478 e. The lowest BCUT2D eigenvalue weighted by atomic mass is 10.0. The van der Waals surface area contributed by atoms with E-state index in [0.29, 0.717) is 28.7 Å². The van der Waals surface area contributed by atoms with Crippen LogP contribution in [-0.2, 0) is 16.1 Å². The number of ether oxygens (including phenoxy) is 1. The van der Waals surface area contributed by atoms with Crippen LogP contribution in [0.25, 0.3) is 16.6 Å². The van der Waals surface area contributed by atoms with Crippen LogP contribution in [-0.4, -0.2) is 48.8 Å².